The molecule has 0 saturated heterocycles. The molecule has 2 aliphatic carbocycles. The van der Waals surface area contributed by atoms with Crippen molar-refractivity contribution in [2.45, 2.75) is 43.6 Å². The zero-order valence-corrected chi connectivity index (χ0v) is 8.50. The van der Waals surface area contributed by atoms with Crippen LogP contribution in [0.2, 0.25) is 0 Å². The van der Waals surface area contributed by atoms with Crippen molar-refractivity contribution in [3.05, 3.63) is 35.4 Å². The molecular weight excluding hydrogens is 170 g/mol. The summed E-state index contributed by atoms with van der Waals surface area (Å²) in [6.45, 7) is 0. The molecule has 1 aromatic carbocycles. The minimum Gasteiger partial charge on any atom is -0.321 e. The fourth-order valence-electron chi connectivity index (χ4n) is 2.35. The van der Waals surface area contributed by atoms with Gasteiger partial charge in [0.05, 0.1) is 0 Å². The Labute approximate surface area is 85.3 Å². The van der Waals surface area contributed by atoms with Crippen LogP contribution in [0.3, 0.4) is 0 Å². The fraction of sp³-hybridized carbons (Fsp3) is 0.538. The largest absolute Gasteiger partial charge is 0.321 e. The highest BCUT2D eigenvalue weighted by molar-refractivity contribution is 5.33. The molecule has 0 atom stereocenters. The molecular formula is C13H17N. The van der Waals surface area contributed by atoms with Crippen LogP contribution in [0.4, 0.5) is 0 Å². The molecule has 14 heavy (non-hydrogen) atoms. The van der Waals surface area contributed by atoms with Gasteiger partial charge >= 0.3 is 0 Å². The Kier molecular flexibility index (Phi) is 1.72. The van der Waals surface area contributed by atoms with Gasteiger partial charge in [0, 0.05) is 5.54 Å². The maximum Gasteiger partial charge on any atom is 0.0409 e. The van der Waals surface area contributed by atoms with E-state index in [-0.39, 0.29) is 5.54 Å². The van der Waals surface area contributed by atoms with E-state index in [1.54, 1.807) is 0 Å². The predicted molar refractivity (Wildman–Crippen MR) is 58.1 cm³/mol. The highest BCUT2D eigenvalue weighted by Gasteiger charge is 2.34. The zero-order chi connectivity index (χ0) is 9.60. The zero-order valence-electron chi connectivity index (χ0n) is 8.50. The van der Waals surface area contributed by atoms with E-state index in [4.69, 9.17) is 5.73 Å². The van der Waals surface area contributed by atoms with E-state index in [1.807, 2.05) is 0 Å². The third-order valence-electron chi connectivity index (χ3n) is 3.78. The SMILES string of the molecule is NC1(c2ccc(C3CC3)cc2)CCC1. The molecule has 2 saturated carbocycles. The molecule has 74 valence electrons. The van der Waals surface area contributed by atoms with Crippen LogP contribution in [0.5, 0.6) is 0 Å². The second-order valence-corrected chi connectivity index (χ2v) is 4.91. The lowest BCUT2D eigenvalue weighted by Gasteiger charge is -2.38. The smallest absolute Gasteiger partial charge is 0.0409 e. The Morgan fingerprint density at radius 1 is 1.07 bits per heavy atom. The van der Waals surface area contributed by atoms with Crippen molar-refractivity contribution in [3.8, 4) is 0 Å². The third kappa shape index (κ3) is 1.27. The van der Waals surface area contributed by atoms with E-state index >= 15 is 0 Å². The van der Waals surface area contributed by atoms with Crippen molar-refractivity contribution < 1.29 is 0 Å². The van der Waals surface area contributed by atoms with Crippen LogP contribution < -0.4 is 5.73 Å². The van der Waals surface area contributed by atoms with E-state index in [0.717, 1.165) is 18.8 Å². The minimum atomic E-state index is 0.0160. The lowest BCUT2D eigenvalue weighted by Crippen LogP contribution is -2.43. The van der Waals surface area contributed by atoms with E-state index in [2.05, 4.69) is 24.3 Å². The Hall–Kier alpha value is -0.820. The van der Waals surface area contributed by atoms with Gasteiger partial charge in [-0.15, -0.1) is 0 Å². The van der Waals surface area contributed by atoms with Crippen molar-refractivity contribution >= 4 is 0 Å². The normalized spacial score (nSPS) is 24.4. The number of hydrogen-bond donors (Lipinski definition) is 1. The number of nitrogens with two attached hydrogens (primary N) is 1. The summed E-state index contributed by atoms with van der Waals surface area (Å²) in [6.07, 6.45) is 6.38. The van der Waals surface area contributed by atoms with E-state index < -0.39 is 0 Å². The summed E-state index contributed by atoms with van der Waals surface area (Å²) in [5.41, 5.74) is 9.13. The lowest BCUT2D eigenvalue weighted by atomic mass is 9.72. The molecule has 1 nitrogen and oxygen atoms in total. The monoisotopic (exact) mass is 187 g/mol. The van der Waals surface area contributed by atoms with Crippen LogP contribution in [0.25, 0.3) is 0 Å². The van der Waals surface area contributed by atoms with Crippen LogP contribution in [0.1, 0.15) is 49.1 Å². The first-order valence-electron chi connectivity index (χ1n) is 5.67. The molecule has 0 radical (unpaired) electrons. The Balaban J connectivity index is 1.85. The summed E-state index contributed by atoms with van der Waals surface area (Å²) in [7, 11) is 0. The van der Waals surface area contributed by atoms with Crippen LogP contribution >= 0.6 is 0 Å². The van der Waals surface area contributed by atoms with Crippen molar-refractivity contribution in [2.75, 3.05) is 0 Å². The first kappa shape index (κ1) is 8.49. The molecule has 0 unspecified atom stereocenters. The quantitative estimate of drug-likeness (QED) is 0.757. The van der Waals surface area contributed by atoms with Gasteiger partial charge < -0.3 is 5.73 Å². The van der Waals surface area contributed by atoms with Gasteiger partial charge in [-0.05, 0) is 49.1 Å². The maximum atomic E-state index is 6.27. The molecule has 2 N–H and O–H groups in total. The molecule has 3 rings (SSSR count). The first-order valence-corrected chi connectivity index (χ1v) is 5.67. The van der Waals surface area contributed by atoms with Crippen molar-refractivity contribution in [1.29, 1.82) is 0 Å². The fourth-order valence-corrected chi connectivity index (χ4v) is 2.35. The molecule has 0 aliphatic heterocycles. The average Bonchev–Trinajstić information content (AvgIpc) is 2.98. The lowest BCUT2D eigenvalue weighted by molar-refractivity contribution is 0.253. The summed E-state index contributed by atoms with van der Waals surface area (Å²) in [6, 6.07) is 9.04. The number of benzene rings is 1. The van der Waals surface area contributed by atoms with Crippen LogP contribution in [0.15, 0.2) is 24.3 Å². The molecule has 0 amide bonds. The number of rotatable bonds is 2. The predicted octanol–water partition coefficient (Wildman–Crippen LogP) is 2.90. The Bertz CT molecular complexity index is 331. The second-order valence-electron chi connectivity index (χ2n) is 4.91. The van der Waals surface area contributed by atoms with Gasteiger partial charge in [-0.1, -0.05) is 24.3 Å². The molecule has 0 bridgehead atoms. The van der Waals surface area contributed by atoms with Crippen LogP contribution in [-0.2, 0) is 5.54 Å². The summed E-state index contributed by atoms with van der Waals surface area (Å²) >= 11 is 0. The molecule has 2 aliphatic rings. The minimum absolute atomic E-state index is 0.0160. The summed E-state index contributed by atoms with van der Waals surface area (Å²) in [4.78, 5) is 0. The van der Waals surface area contributed by atoms with Gasteiger partial charge in [0.25, 0.3) is 0 Å². The third-order valence-corrected chi connectivity index (χ3v) is 3.78. The van der Waals surface area contributed by atoms with Gasteiger partial charge in [-0.3, -0.25) is 0 Å². The van der Waals surface area contributed by atoms with Gasteiger partial charge in [0.2, 0.25) is 0 Å². The average molecular weight is 187 g/mol. The molecule has 0 spiro atoms. The standard InChI is InChI=1S/C13H17N/c14-13(8-1-9-13)12-6-4-11(5-7-12)10-2-3-10/h4-7,10H,1-3,8-9,14H2. The van der Waals surface area contributed by atoms with Gasteiger partial charge in [0.1, 0.15) is 0 Å². The van der Waals surface area contributed by atoms with Crippen molar-refractivity contribution in [1.82, 2.24) is 0 Å². The van der Waals surface area contributed by atoms with Crippen LogP contribution in [0, 0.1) is 0 Å². The molecule has 0 heterocycles. The highest BCUT2D eigenvalue weighted by Crippen LogP contribution is 2.42. The van der Waals surface area contributed by atoms with Gasteiger partial charge in [0.15, 0.2) is 0 Å². The Morgan fingerprint density at radius 2 is 1.71 bits per heavy atom. The molecule has 2 fully saturated rings. The number of hydrogen-bond acceptors (Lipinski definition) is 1. The molecule has 0 aromatic heterocycles. The van der Waals surface area contributed by atoms with Gasteiger partial charge in [-0.25, -0.2) is 0 Å². The van der Waals surface area contributed by atoms with Gasteiger partial charge in [-0.2, -0.15) is 0 Å². The van der Waals surface area contributed by atoms with E-state index in [9.17, 15) is 0 Å². The van der Waals surface area contributed by atoms with Crippen molar-refractivity contribution in [2.24, 2.45) is 5.73 Å². The molecule has 1 aromatic rings. The maximum absolute atomic E-state index is 6.27. The summed E-state index contributed by atoms with van der Waals surface area (Å²) in [5, 5.41) is 0. The van der Waals surface area contributed by atoms with Crippen LogP contribution in [-0.4, -0.2) is 0 Å². The van der Waals surface area contributed by atoms with Crippen molar-refractivity contribution in [3.63, 3.8) is 0 Å². The highest BCUT2D eigenvalue weighted by atomic mass is 14.8. The topological polar surface area (TPSA) is 26.0 Å². The summed E-state index contributed by atoms with van der Waals surface area (Å²) < 4.78 is 0. The second kappa shape index (κ2) is 2.83. The van der Waals surface area contributed by atoms with E-state index in [1.165, 1.54) is 30.4 Å². The first-order chi connectivity index (χ1) is 6.78. The Morgan fingerprint density at radius 3 is 2.14 bits per heavy atom. The summed E-state index contributed by atoms with van der Waals surface area (Å²) in [5.74, 6) is 0.860. The van der Waals surface area contributed by atoms with E-state index in [0.29, 0.717) is 0 Å². The molecule has 1 heteroatoms.